The van der Waals surface area contributed by atoms with E-state index in [9.17, 15) is 0 Å². The predicted molar refractivity (Wildman–Crippen MR) is 45.8 cm³/mol. The molecule has 0 spiro atoms. The number of hydrogen-bond acceptors (Lipinski definition) is 2. The van der Waals surface area contributed by atoms with E-state index in [4.69, 9.17) is 11.7 Å². The van der Waals surface area contributed by atoms with E-state index in [2.05, 4.69) is 17.3 Å². The molecule has 0 aliphatic heterocycles. The van der Waals surface area contributed by atoms with E-state index in [0.717, 1.165) is 12.8 Å². The molecule has 0 rings (SSSR count). The maximum Gasteiger partial charge on any atom is 0.106 e. The minimum absolute atomic E-state index is 0.410. The summed E-state index contributed by atoms with van der Waals surface area (Å²) in [7, 11) is 0. The van der Waals surface area contributed by atoms with Gasteiger partial charge in [0.15, 0.2) is 0 Å². The second-order valence-electron chi connectivity index (χ2n) is 2.46. The van der Waals surface area contributed by atoms with Crippen molar-refractivity contribution >= 4 is 0 Å². The van der Waals surface area contributed by atoms with Crippen molar-refractivity contribution in [1.82, 2.24) is 5.32 Å². The number of terminal acetylenes is 1. The molecule has 0 amide bonds. The van der Waals surface area contributed by atoms with Gasteiger partial charge in [0.25, 0.3) is 0 Å². The lowest BCUT2D eigenvalue weighted by molar-refractivity contribution is 0.407. The standard InChI is InChI=1S/C9H14N2/c1-4-7-11-9(5-2,6-3)8-10/h1,11H,5-7H2,2-3H3. The Morgan fingerprint density at radius 1 is 1.45 bits per heavy atom. The van der Waals surface area contributed by atoms with E-state index in [1.807, 2.05) is 13.8 Å². The van der Waals surface area contributed by atoms with Gasteiger partial charge in [0.05, 0.1) is 12.6 Å². The highest BCUT2D eigenvalue weighted by molar-refractivity contribution is 5.07. The Balaban J connectivity index is 4.11. The lowest BCUT2D eigenvalue weighted by Gasteiger charge is -2.23. The van der Waals surface area contributed by atoms with Gasteiger partial charge in [0.1, 0.15) is 5.54 Å². The van der Waals surface area contributed by atoms with Crippen LogP contribution in [0.1, 0.15) is 26.7 Å². The van der Waals surface area contributed by atoms with Crippen LogP contribution in [-0.2, 0) is 0 Å². The monoisotopic (exact) mass is 150 g/mol. The predicted octanol–water partition coefficient (Wildman–Crippen LogP) is 1.29. The van der Waals surface area contributed by atoms with Gasteiger partial charge >= 0.3 is 0 Å². The van der Waals surface area contributed by atoms with Gasteiger partial charge in [-0.15, -0.1) is 6.42 Å². The van der Waals surface area contributed by atoms with Gasteiger partial charge in [-0.3, -0.25) is 5.32 Å². The Hall–Kier alpha value is -0.990. The first-order chi connectivity index (χ1) is 5.24. The lowest BCUT2D eigenvalue weighted by Crippen LogP contribution is -2.42. The Bertz CT molecular complexity index is 179. The lowest BCUT2D eigenvalue weighted by atomic mass is 9.95. The van der Waals surface area contributed by atoms with Crippen LogP contribution in [0.25, 0.3) is 0 Å². The molecular weight excluding hydrogens is 136 g/mol. The van der Waals surface area contributed by atoms with Gasteiger partial charge in [0, 0.05) is 0 Å². The van der Waals surface area contributed by atoms with Crippen LogP contribution in [0.2, 0.25) is 0 Å². The van der Waals surface area contributed by atoms with Crippen LogP contribution in [0.3, 0.4) is 0 Å². The van der Waals surface area contributed by atoms with Crippen molar-refractivity contribution in [2.24, 2.45) is 0 Å². The molecule has 60 valence electrons. The average molecular weight is 150 g/mol. The minimum Gasteiger partial charge on any atom is -0.288 e. The van der Waals surface area contributed by atoms with Gasteiger partial charge in [-0.05, 0) is 12.8 Å². The van der Waals surface area contributed by atoms with Gasteiger partial charge in [-0.1, -0.05) is 19.8 Å². The molecule has 2 heteroatoms. The molecule has 0 heterocycles. The minimum atomic E-state index is -0.410. The molecule has 0 saturated carbocycles. The fourth-order valence-electron chi connectivity index (χ4n) is 0.918. The summed E-state index contributed by atoms with van der Waals surface area (Å²) in [5, 5.41) is 11.9. The molecule has 0 atom stereocenters. The number of hydrogen-bond donors (Lipinski definition) is 1. The van der Waals surface area contributed by atoms with E-state index in [0.29, 0.717) is 6.54 Å². The number of nitrogens with zero attached hydrogens (tertiary/aromatic N) is 1. The fourth-order valence-corrected chi connectivity index (χ4v) is 0.918. The van der Waals surface area contributed by atoms with Crippen LogP contribution in [0.4, 0.5) is 0 Å². The summed E-state index contributed by atoms with van der Waals surface area (Å²) < 4.78 is 0. The highest BCUT2D eigenvalue weighted by Gasteiger charge is 2.23. The van der Waals surface area contributed by atoms with E-state index in [1.54, 1.807) is 0 Å². The van der Waals surface area contributed by atoms with E-state index in [1.165, 1.54) is 0 Å². The Morgan fingerprint density at radius 3 is 2.27 bits per heavy atom. The van der Waals surface area contributed by atoms with Crippen LogP contribution in [-0.4, -0.2) is 12.1 Å². The normalized spacial score (nSPS) is 10.2. The van der Waals surface area contributed by atoms with Crippen molar-refractivity contribution in [3.05, 3.63) is 0 Å². The summed E-state index contributed by atoms with van der Waals surface area (Å²) in [5.41, 5.74) is -0.410. The summed E-state index contributed by atoms with van der Waals surface area (Å²) >= 11 is 0. The summed E-state index contributed by atoms with van der Waals surface area (Å²) in [4.78, 5) is 0. The first-order valence-corrected chi connectivity index (χ1v) is 3.84. The summed E-state index contributed by atoms with van der Waals surface area (Å²) in [6.45, 7) is 4.43. The molecule has 0 aliphatic carbocycles. The molecule has 0 bridgehead atoms. The molecule has 0 saturated heterocycles. The van der Waals surface area contributed by atoms with Crippen LogP contribution >= 0.6 is 0 Å². The zero-order valence-electron chi connectivity index (χ0n) is 7.15. The van der Waals surface area contributed by atoms with Crippen molar-refractivity contribution in [3.63, 3.8) is 0 Å². The topological polar surface area (TPSA) is 35.8 Å². The second kappa shape index (κ2) is 4.77. The molecule has 11 heavy (non-hydrogen) atoms. The second-order valence-corrected chi connectivity index (χ2v) is 2.46. The summed E-state index contributed by atoms with van der Waals surface area (Å²) in [6, 6.07) is 2.24. The molecule has 2 nitrogen and oxygen atoms in total. The SMILES string of the molecule is C#CCNC(C#N)(CC)CC. The Labute approximate surface area is 68.6 Å². The molecule has 1 N–H and O–H groups in total. The molecule has 0 aromatic carbocycles. The highest BCUT2D eigenvalue weighted by atomic mass is 15.0. The Morgan fingerprint density at radius 2 is 2.00 bits per heavy atom. The number of rotatable bonds is 4. The first kappa shape index (κ1) is 10.0. The molecule has 0 aromatic heterocycles. The van der Waals surface area contributed by atoms with E-state index in [-0.39, 0.29) is 0 Å². The van der Waals surface area contributed by atoms with Crippen molar-refractivity contribution < 1.29 is 0 Å². The molecule has 0 aliphatic rings. The third kappa shape index (κ3) is 2.62. The van der Waals surface area contributed by atoms with Gasteiger partial charge < -0.3 is 0 Å². The molecule has 0 fully saturated rings. The number of nitriles is 1. The van der Waals surface area contributed by atoms with Crippen molar-refractivity contribution in [1.29, 1.82) is 5.26 Å². The zero-order valence-corrected chi connectivity index (χ0v) is 7.15. The maximum absolute atomic E-state index is 8.82. The van der Waals surface area contributed by atoms with Gasteiger partial charge in [-0.2, -0.15) is 5.26 Å². The van der Waals surface area contributed by atoms with Gasteiger partial charge in [-0.25, -0.2) is 0 Å². The van der Waals surface area contributed by atoms with Gasteiger partial charge in [0.2, 0.25) is 0 Å². The van der Waals surface area contributed by atoms with Crippen LogP contribution in [0.5, 0.6) is 0 Å². The molecule has 0 radical (unpaired) electrons. The highest BCUT2D eigenvalue weighted by Crippen LogP contribution is 2.12. The average Bonchev–Trinajstić information content (AvgIpc) is 2.08. The van der Waals surface area contributed by atoms with Crippen molar-refractivity contribution in [3.8, 4) is 18.4 Å². The largest absolute Gasteiger partial charge is 0.288 e. The molecule has 0 unspecified atom stereocenters. The molecule has 0 aromatic rings. The first-order valence-electron chi connectivity index (χ1n) is 3.84. The van der Waals surface area contributed by atoms with E-state index < -0.39 is 5.54 Å². The zero-order chi connectivity index (χ0) is 8.74. The quantitative estimate of drug-likeness (QED) is 0.613. The van der Waals surface area contributed by atoms with Crippen molar-refractivity contribution in [2.75, 3.05) is 6.54 Å². The number of nitrogens with one attached hydrogen (secondary N) is 1. The van der Waals surface area contributed by atoms with Crippen molar-refractivity contribution in [2.45, 2.75) is 32.2 Å². The Kier molecular flexibility index (Phi) is 4.34. The maximum atomic E-state index is 8.82. The van der Waals surface area contributed by atoms with E-state index >= 15 is 0 Å². The third-order valence-electron chi connectivity index (χ3n) is 1.95. The summed E-state index contributed by atoms with van der Waals surface area (Å²) in [5.74, 6) is 2.46. The fraction of sp³-hybridized carbons (Fsp3) is 0.667. The van der Waals surface area contributed by atoms with Crippen LogP contribution < -0.4 is 5.32 Å². The van der Waals surface area contributed by atoms with Crippen LogP contribution in [0.15, 0.2) is 0 Å². The summed E-state index contributed by atoms with van der Waals surface area (Å²) in [6.07, 6.45) is 6.66. The smallest absolute Gasteiger partial charge is 0.106 e. The molecular formula is C9H14N2. The third-order valence-corrected chi connectivity index (χ3v) is 1.95. The van der Waals surface area contributed by atoms with Crippen LogP contribution in [0, 0.1) is 23.7 Å².